The van der Waals surface area contributed by atoms with Crippen LogP contribution in [0.1, 0.15) is 35.0 Å². The third-order valence-electron chi connectivity index (χ3n) is 5.13. The Bertz CT molecular complexity index is 910. The van der Waals surface area contributed by atoms with Gasteiger partial charge in [0.25, 0.3) is 0 Å². The summed E-state index contributed by atoms with van der Waals surface area (Å²) in [5.41, 5.74) is 4.10. The number of benzene rings is 2. The Morgan fingerprint density at radius 1 is 1.08 bits per heavy atom. The maximum absolute atomic E-state index is 12.5. The summed E-state index contributed by atoms with van der Waals surface area (Å²) >= 11 is 0. The standard InChI is InChI=1S/C21H21NO2/c1-21(24-20(23)15-8-4-3-5-9-15)13-12-19-17(14-21)16-10-6-7-11-18(16)22(19)2/h3-11H,12-14H2,1-2H3. The van der Waals surface area contributed by atoms with Crippen LogP contribution in [-0.4, -0.2) is 16.1 Å². The highest BCUT2D eigenvalue weighted by atomic mass is 16.6. The van der Waals surface area contributed by atoms with Gasteiger partial charge in [0.05, 0.1) is 5.56 Å². The van der Waals surface area contributed by atoms with Crippen LogP contribution in [0.25, 0.3) is 10.9 Å². The third-order valence-corrected chi connectivity index (χ3v) is 5.13. The van der Waals surface area contributed by atoms with E-state index in [1.165, 1.54) is 22.2 Å². The molecule has 1 aliphatic carbocycles. The molecule has 1 aliphatic rings. The van der Waals surface area contributed by atoms with E-state index in [1.54, 1.807) is 12.1 Å². The minimum absolute atomic E-state index is 0.234. The quantitative estimate of drug-likeness (QED) is 0.660. The van der Waals surface area contributed by atoms with Crippen LogP contribution < -0.4 is 0 Å². The van der Waals surface area contributed by atoms with Crippen LogP contribution in [0.15, 0.2) is 54.6 Å². The van der Waals surface area contributed by atoms with Crippen molar-refractivity contribution in [1.82, 2.24) is 4.57 Å². The summed E-state index contributed by atoms with van der Waals surface area (Å²) in [6.07, 6.45) is 2.55. The second-order valence-corrected chi connectivity index (χ2v) is 6.88. The molecule has 0 radical (unpaired) electrons. The van der Waals surface area contributed by atoms with Gasteiger partial charge in [0.2, 0.25) is 0 Å². The van der Waals surface area contributed by atoms with Crippen molar-refractivity contribution >= 4 is 16.9 Å². The Morgan fingerprint density at radius 2 is 1.79 bits per heavy atom. The molecule has 122 valence electrons. The van der Waals surface area contributed by atoms with E-state index in [-0.39, 0.29) is 5.97 Å². The average molecular weight is 319 g/mol. The van der Waals surface area contributed by atoms with Crippen LogP contribution in [0.4, 0.5) is 0 Å². The normalized spacial score (nSPS) is 19.9. The summed E-state index contributed by atoms with van der Waals surface area (Å²) in [4.78, 5) is 12.5. The predicted molar refractivity (Wildman–Crippen MR) is 95.2 cm³/mol. The Balaban J connectivity index is 1.66. The zero-order valence-electron chi connectivity index (χ0n) is 14.1. The maximum Gasteiger partial charge on any atom is 0.338 e. The summed E-state index contributed by atoms with van der Waals surface area (Å²) in [5, 5.41) is 1.27. The van der Waals surface area contributed by atoms with Crippen molar-refractivity contribution in [1.29, 1.82) is 0 Å². The first-order valence-electron chi connectivity index (χ1n) is 8.41. The van der Waals surface area contributed by atoms with E-state index in [9.17, 15) is 4.79 Å². The summed E-state index contributed by atoms with van der Waals surface area (Å²) in [6.45, 7) is 2.05. The number of aryl methyl sites for hydroxylation is 1. The van der Waals surface area contributed by atoms with Crippen molar-refractivity contribution in [2.24, 2.45) is 7.05 Å². The summed E-state index contributed by atoms with van der Waals surface area (Å²) in [5.74, 6) is -0.234. The second kappa shape index (κ2) is 5.52. The molecule has 24 heavy (non-hydrogen) atoms. The van der Waals surface area contributed by atoms with E-state index in [0.717, 1.165) is 19.3 Å². The number of ether oxygens (including phenoxy) is 1. The van der Waals surface area contributed by atoms with Gasteiger partial charge in [0.1, 0.15) is 5.60 Å². The monoisotopic (exact) mass is 319 g/mol. The van der Waals surface area contributed by atoms with Gasteiger partial charge in [-0.15, -0.1) is 0 Å². The molecule has 0 bridgehead atoms. The molecule has 0 N–H and O–H groups in total. The minimum atomic E-state index is -0.454. The van der Waals surface area contributed by atoms with Crippen molar-refractivity contribution in [3.63, 3.8) is 0 Å². The Morgan fingerprint density at radius 3 is 2.58 bits per heavy atom. The average Bonchev–Trinajstić information content (AvgIpc) is 2.88. The fraction of sp³-hybridized carbons (Fsp3) is 0.286. The largest absolute Gasteiger partial charge is 0.455 e. The Hall–Kier alpha value is -2.55. The number of hydrogen-bond acceptors (Lipinski definition) is 2. The molecule has 3 aromatic rings. The Labute approximate surface area is 141 Å². The van der Waals surface area contributed by atoms with Gasteiger partial charge in [0, 0.05) is 30.1 Å². The van der Waals surface area contributed by atoms with E-state index in [1.807, 2.05) is 18.2 Å². The number of para-hydroxylation sites is 1. The topological polar surface area (TPSA) is 31.2 Å². The second-order valence-electron chi connectivity index (χ2n) is 6.88. The number of carbonyl (C=O) groups is 1. The molecule has 1 unspecified atom stereocenters. The number of rotatable bonds is 2. The molecule has 0 aliphatic heterocycles. The van der Waals surface area contributed by atoms with Gasteiger partial charge in [-0.25, -0.2) is 4.79 Å². The van der Waals surface area contributed by atoms with E-state index in [2.05, 4.69) is 42.8 Å². The molecular formula is C21H21NO2. The van der Waals surface area contributed by atoms with E-state index in [4.69, 9.17) is 4.74 Å². The molecule has 1 atom stereocenters. The van der Waals surface area contributed by atoms with Crippen LogP contribution in [0, 0.1) is 0 Å². The summed E-state index contributed by atoms with van der Waals surface area (Å²) in [6, 6.07) is 17.7. The fourth-order valence-corrected chi connectivity index (χ4v) is 3.83. The molecule has 0 saturated carbocycles. The van der Waals surface area contributed by atoms with Crippen LogP contribution in [-0.2, 0) is 24.6 Å². The molecule has 0 amide bonds. The molecule has 3 heteroatoms. The molecule has 4 rings (SSSR count). The van der Waals surface area contributed by atoms with Crippen LogP contribution in [0.2, 0.25) is 0 Å². The van der Waals surface area contributed by atoms with Crippen molar-refractivity contribution in [2.45, 2.75) is 31.8 Å². The SMILES string of the molecule is Cn1c2c(c3ccccc31)CC(C)(OC(=O)c1ccccc1)CC2. The van der Waals surface area contributed by atoms with Crippen molar-refractivity contribution in [3.05, 3.63) is 71.4 Å². The number of fused-ring (bicyclic) bond motifs is 3. The van der Waals surface area contributed by atoms with Gasteiger partial charge in [-0.05, 0) is 43.5 Å². The van der Waals surface area contributed by atoms with Crippen molar-refractivity contribution < 1.29 is 9.53 Å². The zero-order valence-corrected chi connectivity index (χ0v) is 14.1. The third kappa shape index (κ3) is 2.41. The Kier molecular flexibility index (Phi) is 3.45. The number of hydrogen-bond donors (Lipinski definition) is 0. The minimum Gasteiger partial charge on any atom is -0.455 e. The van der Waals surface area contributed by atoms with E-state index in [0.29, 0.717) is 5.56 Å². The van der Waals surface area contributed by atoms with Gasteiger partial charge in [0.15, 0.2) is 0 Å². The lowest BCUT2D eigenvalue weighted by molar-refractivity contribution is -0.0158. The molecule has 1 heterocycles. The number of nitrogens with zero attached hydrogens (tertiary/aromatic N) is 1. The summed E-state index contributed by atoms with van der Waals surface area (Å²) < 4.78 is 8.21. The molecule has 0 fully saturated rings. The first-order chi connectivity index (χ1) is 11.6. The number of carbonyl (C=O) groups excluding carboxylic acids is 1. The lowest BCUT2D eigenvalue weighted by atomic mass is 9.83. The van der Waals surface area contributed by atoms with Gasteiger partial charge >= 0.3 is 5.97 Å². The van der Waals surface area contributed by atoms with Crippen LogP contribution >= 0.6 is 0 Å². The highest BCUT2D eigenvalue weighted by Gasteiger charge is 2.36. The first-order valence-corrected chi connectivity index (χ1v) is 8.41. The van der Waals surface area contributed by atoms with Crippen LogP contribution in [0.5, 0.6) is 0 Å². The first kappa shape index (κ1) is 15.0. The van der Waals surface area contributed by atoms with Gasteiger partial charge < -0.3 is 9.30 Å². The molecule has 1 aromatic heterocycles. The van der Waals surface area contributed by atoms with Gasteiger partial charge in [-0.1, -0.05) is 36.4 Å². The summed E-state index contributed by atoms with van der Waals surface area (Å²) in [7, 11) is 2.12. The fourth-order valence-electron chi connectivity index (χ4n) is 3.83. The van der Waals surface area contributed by atoms with Gasteiger partial charge in [-0.3, -0.25) is 0 Å². The number of esters is 1. The lowest BCUT2D eigenvalue weighted by Crippen LogP contribution is -2.38. The maximum atomic E-state index is 12.5. The smallest absolute Gasteiger partial charge is 0.338 e. The molecule has 0 spiro atoms. The number of aromatic nitrogens is 1. The highest BCUT2D eigenvalue weighted by Crippen LogP contribution is 2.37. The molecule has 2 aromatic carbocycles. The van der Waals surface area contributed by atoms with Crippen LogP contribution in [0.3, 0.4) is 0 Å². The highest BCUT2D eigenvalue weighted by molar-refractivity contribution is 5.90. The van der Waals surface area contributed by atoms with Gasteiger partial charge in [-0.2, -0.15) is 0 Å². The molecule has 3 nitrogen and oxygen atoms in total. The van der Waals surface area contributed by atoms with Crippen molar-refractivity contribution in [3.8, 4) is 0 Å². The lowest BCUT2D eigenvalue weighted by Gasteiger charge is -2.34. The van der Waals surface area contributed by atoms with Crippen molar-refractivity contribution in [2.75, 3.05) is 0 Å². The van der Waals surface area contributed by atoms with E-state index < -0.39 is 5.60 Å². The predicted octanol–water partition coefficient (Wildman–Crippen LogP) is 4.28. The molecular weight excluding hydrogens is 298 g/mol. The zero-order chi connectivity index (χ0) is 16.7. The van der Waals surface area contributed by atoms with E-state index >= 15 is 0 Å². The molecule has 0 saturated heterocycles.